The second kappa shape index (κ2) is 3.98. The van der Waals surface area contributed by atoms with E-state index < -0.39 is 11.6 Å². The van der Waals surface area contributed by atoms with Gasteiger partial charge in [0, 0.05) is 19.6 Å². The Hall–Kier alpha value is -0.650. The monoisotopic (exact) mass is 228 g/mol. The summed E-state index contributed by atoms with van der Waals surface area (Å²) in [6, 6.07) is 0. The van der Waals surface area contributed by atoms with Crippen LogP contribution in [-0.2, 0) is 4.79 Å². The maximum Gasteiger partial charge on any atom is 0.305 e. The average Bonchev–Trinajstić information content (AvgIpc) is 2.09. The first-order valence-corrected chi connectivity index (χ1v) is 5.84. The van der Waals surface area contributed by atoms with Crippen molar-refractivity contribution in [3.63, 3.8) is 0 Å². The molecule has 2 aliphatic heterocycles. The highest BCUT2D eigenvalue weighted by atomic mass is 16.4. The number of aliphatic hydroxyl groups is 1. The van der Waals surface area contributed by atoms with E-state index in [1.54, 1.807) is 0 Å². The van der Waals surface area contributed by atoms with Crippen molar-refractivity contribution < 1.29 is 15.0 Å². The molecule has 0 aromatic carbocycles. The highest BCUT2D eigenvalue weighted by Crippen LogP contribution is 2.31. The zero-order valence-corrected chi connectivity index (χ0v) is 9.70. The molecule has 2 saturated heterocycles. The van der Waals surface area contributed by atoms with Gasteiger partial charge in [-0.3, -0.25) is 9.69 Å². The molecule has 1 unspecified atom stereocenters. The molecule has 3 N–H and O–H groups in total. The maximum atomic E-state index is 10.9. The first-order valence-electron chi connectivity index (χ1n) is 5.84. The number of piperidine rings is 1. The van der Waals surface area contributed by atoms with E-state index in [0.29, 0.717) is 6.54 Å². The Bertz CT molecular complexity index is 287. The lowest BCUT2D eigenvalue weighted by molar-refractivity contribution is -0.144. The van der Waals surface area contributed by atoms with Gasteiger partial charge in [0.15, 0.2) is 0 Å². The van der Waals surface area contributed by atoms with E-state index >= 15 is 0 Å². The summed E-state index contributed by atoms with van der Waals surface area (Å²) in [5.74, 6) is -0.758. The molecular formula is C11H20N2O3. The average molecular weight is 228 g/mol. The van der Waals surface area contributed by atoms with E-state index in [9.17, 15) is 9.90 Å². The molecule has 0 aromatic heterocycles. The van der Waals surface area contributed by atoms with E-state index in [-0.39, 0.29) is 12.0 Å². The summed E-state index contributed by atoms with van der Waals surface area (Å²) in [7, 11) is 0. The van der Waals surface area contributed by atoms with Gasteiger partial charge < -0.3 is 15.5 Å². The van der Waals surface area contributed by atoms with Gasteiger partial charge in [0.2, 0.25) is 0 Å². The number of nitrogens with one attached hydrogen (secondary N) is 1. The molecule has 2 aliphatic rings. The molecule has 0 aromatic rings. The lowest BCUT2D eigenvalue weighted by Crippen LogP contribution is -2.72. The van der Waals surface area contributed by atoms with Gasteiger partial charge in [-0.05, 0) is 26.3 Å². The minimum atomic E-state index is -0.758. The lowest BCUT2D eigenvalue weighted by atomic mass is 9.82. The molecule has 0 saturated carbocycles. The Kier molecular flexibility index (Phi) is 2.94. The predicted octanol–water partition coefficient (Wildman–Crippen LogP) is -0.350. The topological polar surface area (TPSA) is 72.8 Å². The van der Waals surface area contributed by atoms with Crippen LogP contribution in [0, 0.1) is 0 Å². The van der Waals surface area contributed by atoms with E-state index in [1.807, 2.05) is 6.92 Å². The van der Waals surface area contributed by atoms with Crippen molar-refractivity contribution >= 4 is 5.97 Å². The zero-order valence-electron chi connectivity index (χ0n) is 9.70. The predicted molar refractivity (Wildman–Crippen MR) is 59.3 cm³/mol. The summed E-state index contributed by atoms with van der Waals surface area (Å²) in [5, 5.41) is 22.2. The van der Waals surface area contributed by atoms with Crippen molar-refractivity contribution in [1.82, 2.24) is 10.2 Å². The quantitative estimate of drug-likeness (QED) is 0.616. The van der Waals surface area contributed by atoms with Crippen LogP contribution in [0.3, 0.4) is 0 Å². The van der Waals surface area contributed by atoms with Gasteiger partial charge in [-0.1, -0.05) is 0 Å². The Morgan fingerprint density at radius 1 is 1.50 bits per heavy atom. The van der Waals surface area contributed by atoms with Crippen LogP contribution in [0.5, 0.6) is 0 Å². The number of hydrogen-bond acceptors (Lipinski definition) is 4. The van der Waals surface area contributed by atoms with Crippen LogP contribution in [0.1, 0.15) is 26.2 Å². The number of carboxylic acids is 1. The minimum absolute atomic E-state index is 0.163. The Morgan fingerprint density at radius 3 is 2.62 bits per heavy atom. The molecule has 92 valence electrons. The number of carboxylic acid groups (broad SMARTS) is 1. The van der Waals surface area contributed by atoms with Gasteiger partial charge in [-0.15, -0.1) is 0 Å². The van der Waals surface area contributed by atoms with E-state index in [2.05, 4.69) is 10.2 Å². The molecule has 2 heterocycles. The number of hydrogen-bond donors (Lipinski definition) is 3. The third kappa shape index (κ3) is 2.21. The summed E-state index contributed by atoms with van der Waals surface area (Å²) in [6.07, 6.45) is 1.91. The zero-order chi connectivity index (χ0) is 11.8. The molecule has 0 aliphatic carbocycles. The fraction of sp³-hybridized carbons (Fsp3) is 0.909. The first-order chi connectivity index (χ1) is 7.44. The van der Waals surface area contributed by atoms with Crippen molar-refractivity contribution in [1.29, 1.82) is 0 Å². The number of aliphatic carboxylic acids is 1. The number of likely N-dealkylation sites (tertiary alicyclic amines) is 1. The third-order valence-electron chi connectivity index (χ3n) is 3.73. The van der Waals surface area contributed by atoms with Crippen molar-refractivity contribution in [2.24, 2.45) is 0 Å². The van der Waals surface area contributed by atoms with Crippen LogP contribution >= 0.6 is 0 Å². The molecule has 0 bridgehead atoms. The Balaban J connectivity index is 2.06. The SMILES string of the molecule is CC1(O)CCCN(C2(CC(=O)O)CNC2)C1. The van der Waals surface area contributed by atoms with E-state index in [1.165, 1.54) is 0 Å². The Labute approximate surface area is 95.4 Å². The highest BCUT2D eigenvalue weighted by Gasteiger charge is 2.47. The van der Waals surface area contributed by atoms with Crippen molar-refractivity contribution in [2.45, 2.75) is 37.3 Å². The molecule has 5 heteroatoms. The lowest BCUT2D eigenvalue weighted by Gasteiger charge is -2.53. The van der Waals surface area contributed by atoms with E-state index in [4.69, 9.17) is 5.11 Å². The molecule has 0 amide bonds. The van der Waals surface area contributed by atoms with Gasteiger partial charge >= 0.3 is 5.97 Å². The molecule has 0 radical (unpaired) electrons. The van der Waals surface area contributed by atoms with Crippen LogP contribution in [0.2, 0.25) is 0 Å². The van der Waals surface area contributed by atoms with Crippen LogP contribution in [0.4, 0.5) is 0 Å². The molecule has 2 fully saturated rings. The second-order valence-electron chi connectivity index (χ2n) is 5.42. The van der Waals surface area contributed by atoms with Gasteiger partial charge in [0.05, 0.1) is 17.6 Å². The first kappa shape index (κ1) is 11.8. The highest BCUT2D eigenvalue weighted by molar-refractivity contribution is 5.68. The number of nitrogens with zero attached hydrogens (tertiary/aromatic N) is 1. The number of rotatable bonds is 3. The van der Waals surface area contributed by atoms with Crippen molar-refractivity contribution in [2.75, 3.05) is 26.2 Å². The van der Waals surface area contributed by atoms with Gasteiger partial charge in [0.25, 0.3) is 0 Å². The number of β-amino-alcohol motifs (C(OH)–C–C–N with tert-alkyl or cyclic N) is 1. The molecule has 16 heavy (non-hydrogen) atoms. The second-order valence-corrected chi connectivity index (χ2v) is 5.42. The molecule has 5 nitrogen and oxygen atoms in total. The summed E-state index contributed by atoms with van der Waals surface area (Å²) < 4.78 is 0. The van der Waals surface area contributed by atoms with Crippen LogP contribution < -0.4 is 5.32 Å². The smallest absolute Gasteiger partial charge is 0.305 e. The molecular weight excluding hydrogens is 208 g/mol. The summed E-state index contributed by atoms with van der Waals surface area (Å²) >= 11 is 0. The maximum absolute atomic E-state index is 10.9. The normalized spacial score (nSPS) is 34.4. The Morgan fingerprint density at radius 2 is 2.19 bits per heavy atom. The van der Waals surface area contributed by atoms with Crippen LogP contribution in [-0.4, -0.2) is 58.4 Å². The third-order valence-corrected chi connectivity index (χ3v) is 3.73. The van der Waals surface area contributed by atoms with Crippen LogP contribution in [0.15, 0.2) is 0 Å². The molecule has 2 rings (SSSR count). The minimum Gasteiger partial charge on any atom is -0.481 e. The summed E-state index contributed by atoms with van der Waals surface area (Å²) in [6.45, 7) is 4.75. The van der Waals surface area contributed by atoms with Crippen molar-refractivity contribution in [3.05, 3.63) is 0 Å². The largest absolute Gasteiger partial charge is 0.481 e. The van der Waals surface area contributed by atoms with Crippen molar-refractivity contribution in [3.8, 4) is 0 Å². The fourth-order valence-corrected chi connectivity index (χ4v) is 2.78. The molecule has 0 spiro atoms. The fourth-order valence-electron chi connectivity index (χ4n) is 2.78. The van der Waals surface area contributed by atoms with Gasteiger partial charge in [-0.2, -0.15) is 0 Å². The standard InChI is InChI=1S/C11H20N2O3/c1-10(16)3-2-4-13(8-10)11(5-9(14)15)6-12-7-11/h12,16H,2-8H2,1H3,(H,14,15). The number of carbonyl (C=O) groups is 1. The summed E-state index contributed by atoms with van der Waals surface area (Å²) in [4.78, 5) is 13.0. The van der Waals surface area contributed by atoms with E-state index in [0.717, 1.165) is 32.5 Å². The summed E-state index contributed by atoms with van der Waals surface area (Å²) in [5.41, 5.74) is -0.935. The van der Waals surface area contributed by atoms with Crippen LogP contribution in [0.25, 0.3) is 0 Å². The van der Waals surface area contributed by atoms with Gasteiger partial charge in [0.1, 0.15) is 0 Å². The van der Waals surface area contributed by atoms with Gasteiger partial charge in [-0.25, -0.2) is 0 Å². The molecule has 1 atom stereocenters.